The van der Waals surface area contributed by atoms with E-state index in [1.54, 1.807) is 0 Å². The summed E-state index contributed by atoms with van der Waals surface area (Å²) in [5.41, 5.74) is 3.60. The van der Waals surface area contributed by atoms with Crippen LogP contribution in [0.15, 0.2) is 39.1 Å². The Bertz CT molecular complexity index is 820. The van der Waals surface area contributed by atoms with Crippen molar-refractivity contribution in [3.05, 3.63) is 51.4 Å². The summed E-state index contributed by atoms with van der Waals surface area (Å²) in [6, 6.07) is 5.39. The van der Waals surface area contributed by atoms with Crippen LogP contribution in [0.1, 0.15) is 45.7 Å². The minimum Gasteiger partial charge on any atom is -0.489 e. The maximum atomic E-state index is 11.7. The second-order valence-electron chi connectivity index (χ2n) is 6.88. The molecule has 0 bridgehead atoms. The Hall–Kier alpha value is -2.03. The topological polar surface area (TPSA) is 39.4 Å². The van der Waals surface area contributed by atoms with Crippen molar-refractivity contribution in [3.63, 3.8) is 0 Å². The first-order chi connectivity index (χ1) is 10.3. The van der Waals surface area contributed by atoms with E-state index in [9.17, 15) is 4.79 Å². The van der Waals surface area contributed by atoms with Gasteiger partial charge >= 0.3 is 5.63 Å². The van der Waals surface area contributed by atoms with Gasteiger partial charge in [0.1, 0.15) is 17.4 Å². The predicted octanol–water partition coefficient (Wildman–Crippen LogP) is 4.36. The van der Waals surface area contributed by atoms with Gasteiger partial charge in [-0.1, -0.05) is 25.5 Å². The minimum absolute atomic E-state index is 0.0454. The van der Waals surface area contributed by atoms with Gasteiger partial charge in [-0.3, -0.25) is 0 Å². The second-order valence-corrected chi connectivity index (χ2v) is 6.88. The Labute approximate surface area is 130 Å². The number of benzene rings is 1. The van der Waals surface area contributed by atoms with E-state index in [4.69, 9.17) is 9.15 Å². The highest BCUT2D eigenvalue weighted by Crippen LogP contribution is 2.48. The molecule has 0 radical (unpaired) electrons. The molecule has 0 spiro atoms. The number of ether oxygens (including phenoxy) is 1. The molecule has 3 rings (SSSR count). The minimum atomic E-state index is -0.317. The van der Waals surface area contributed by atoms with E-state index in [2.05, 4.69) is 46.8 Å². The van der Waals surface area contributed by atoms with E-state index < -0.39 is 0 Å². The fourth-order valence-electron chi connectivity index (χ4n) is 2.97. The number of hydrogen-bond acceptors (Lipinski definition) is 3. The molecule has 2 aromatic rings. The molecule has 0 amide bonds. The van der Waals surface area contributed by atoms with E-state index in [1.807, 2.05) is 6.07 Å². The molecule has 1 aliphatic rings. The van der Waals surface area contributed by atoms with Gasteiger partial charge in [-0.25, -0.2) is 4.79 Å². The molecule has 1 aliphatic heterocycles. The van der Waals surface area contributed by atoms with Crippen LogP contribution < -0.4 is 10.4 Å². The monoisotopic (exact) mass is 298 g/mol. The standard InChI is InChI=1S/C19H22O3/c1-11(2)6-7-13-10-14-8-9-15(20)22-18(14)16-17(13)21-12(3)19(16,4)5/h6,8-10,12H,7H2,1-5H3. The van der Waals surface area contributed by atoms with Crippen molar-refractivity contribution in [1.82, 2.24) is 0 Å². The maximum Gasteiger partial charge on any atom is 0.336 e. The molecule has 3 heteroatoms. The van der Waals surface area contributed by atoms with Crippen molar-refractivity contribution in [2.45, 2.75) is 52.6 Å². The molecule has 1 unspecified atom stereocenters. The maximum absolute atomic E-state index is 11.7. The first kappa shape index (κ1) is 14.9. The first-order valence-corrected chi connectivity index (χ1v) is 7.71. The summed E-state index contributed by atoms with van der Waals surface area (Å²) in [6.45, 7) is 10.5. The van der Waals surface area contributed by atoms with Crippen LogP contribution in [-0.4, -0.2) is 6.10 Å². The smallest absolute Gasteiger partial charge is 0.336 e. The summed E-state index contributed by atoms with van der Waals surface area (Å²) < 4.78 is 11.7. The fraction of sp³-hybridized carbons (Fsp3) is 0.421. The fourth-order valence-corrected chi connectivity index (χ4v) is 2.97. The Balaban J connectivity index is 2.33. The van der Waals surface area contributed by atoms with E-state index in [0.29, 0.717) is 5.58 Å². The molecule has 0 saturated carbocycles. The molecule has 0 N–H and O–H groups in total. The van der Waals surface area contributed by atoms with E-state index in [1.165, 1.54) is 11.6 Å². The van der Waals surface area contributed by atoms with E-state index in [0.717, 1.165) is 28.7 Å². The summed E-state index contributed by atoms with van der Waals surface area (Å²) in [5, 5.41) is 0.960. The summed E-state index contributed by atoms with van der Waals surface area (Å²) in [5.74, 6) is 0.886. The Morgan fingerprint density at radius 1 is 1.32 bits per heavy atom. The van der Waals surface area contributed by atoms with Gasteiger partial charge in [0.25, 0.3) is 0 Å². The molecule has 1 atom stereocenters. The lowest BCUT2D eigenvalue weighted by Crippen LogP contribution is -2.29. The summed E-state index contributed by atoms with van der Waals surface area (Å²) >= 11 is 0. The normalized spacial score (nSPS) is 18.9. The quantitative estimate of drug-likeness (QED) is 0.611. The Morgan fingerprint density at radius 3 is 2.73 bits per heavy atom. The van der Waals surface area contributed by atoms with Gasteiger partial charge in [-0.2, -0.15) is 0 Å². The van der Waals surface area contributed by atoms with Crippen molar-refractivity contribution in [3.8, 4) is 5.75 Å². The van der Waals surface area contributed by atoms with Gasteiger partial charge in [0.2, 0.25) is 0 Å². The van der Waals surface area contributed by atoms with Crippen molar-refractivity contribution < 1.29 is 9.15 Å². The number of allylic oxidation sites excluding steroid dienone is 2. The molecular weight excluding hydrogens is 276 g/mol. The highest BCUT2D eigenvalue weighted by atomic mass is 16.5. The molecule has 3 nitrogen and oxygen atoms in total. The molecule has 116 valence electrons. The average Bonchev–Trinajstić information content (AvgIpc) is 2.67. The van der Waals surface area contributed by atoms with Gasteiger partial charge < -0.3 is 9.15 Å². The Kier molecular flexibility index (Phi) is 3.39. The highest BCUT2D eigenvalue weighted by Gasteiger charge is 2.42. The molecule has 2 heterocycles. The van der Waals surface area contributed by atoms with Crippen LogP contribution in [0.5, 0.6) is 5.75 Å². The van der Waals surface area contributed by atoms with Gasteiger partial charge in [0, 0.05) is 22.4 Å². The van der Waals surface area contributed by atoms with Gasteiger partial charge in [0.05, 0.1) is 0 Å². The van der Waals surface area contributed by atoms with Crippen molar-refractivity contribution in [1.29, 1.82) is 0 Å². The van der Waals surface area contributed by atoms with Crippen LogP contribution in [0.4, 0.5) is 0 Å². The van der Waals surface area contributed by atoms with E-state index >= 15 is 0 Å². The van der Waals surface area contributed by atoms with Crippen LogP contribution in [0.3, 0.4) is 0 Å². The van der Waals surface area contributed by atoms with Gasteiger partial charge in [-0.15, -0.1) is 0 Å². The van der Waals surface area contributed by atoms with E-state index in [-0.39, 0.29) is 17.1 Å². The molecule has 1 aromatic carbocycles. The van der Waals surface area contributed by atoms with Crippen LogP contribution in [0.2, 0.25) is 0 Å². The van der Waals surface area contributed by atoms with Crippen LogP contribution in [-0.2, 0) is 11.8 Å². The lowest BCUT2D eigenvalue weighted by atomic mass is 9.80. The summed E-state index contributed by atoms with van der Waals surface area (Å²) in [7, 11) is 0. The number of hydrogen-bond donors (Lipinski definition) is 0. The number of rotatable bonds is 2. The van der Waals surface area contributed by atoms with Crippen molar-refractivity contribution in [2.75, 3.05) is 0 Å². The zero-order valence-electron chi connectivity index (χ0n) is 13.8. The third-order valence-corrected chi connectivity index (χ3v) is 4.62. The largest absolute Gasteiger partial charge is 0.489 e. The zero-order chi connectivity index (χ0) is 16.1. The lowest BCUT2D eigenvalue weighted by molar-refractivity contribution is 0.184. The van der Waals surface area contributed by atoms with Gasteiger partial charge in [0.15, 0.2) is 0 Å². The molecule has 1 aromatic heterocycles. The van der Waals surface area contributed by atoms with Crippen LogP contribution in [0, 0.1) is 0 Å². The predicted molar refractivity (Wildman–Crippen MR) is 88.7 cm³/mol. The molecule has 22 heavy (non-hydrogen) atoms. The Morgan fingerprint density at radius 2 is 2.05 bits per heavy atom. The second kappa shape index (κ2) is 5.01. The lowest BCUT2D eigenvalue weighted by Gasteiger charge is -2.22. The number of fused-ring (bicyclic) bond motifs is 3. The third-order valence-electron chi connectivity index (χ3n) is 4.62. The SMILES string of the molecule is CC(C)=CCc1cc2ccc(=O)oc2c2c1OC(C)C2(C)C. The molecule has 0 saturated heterocycles. The highest BCUT2D eigenvalue weighted by molar-refractivity contribution is 5.85. The van der Waals surface area contributed by atoms with Gasteiger partial charge in [-0.05, 0) is 44.9 Å². The van der Waals surface area contributed by atoms with Crippen LogP contribution >= 0.6 is 0 Å². The zero-order valence-corrected chi connectivity index (χ0v) is 13.8. The third kappa shape index (κ3) is 2.25. The molecule has 0 fully saturated rings. The summed E-state index contributed by atoms with van der Waals surface area (Å²) in [4.78, 5) is 11.7. The average molecular weight is 298 g/mol. The molecule has 0 aliphatic carbocycles. The molecular formula is C19H22O3. The van der Waals surface area contributed by atoms with Crippen molar-refractivity contribution >= 4 is 11.0 Å². The van der Waals surface area contributed by atoms with Crippen molar-refractivity contribution in [2.24, 2.45) is 0 Å². The summed E-state index contributed by atoms with van der Waals surface area (Å²) in [6.07, 6.45) is 3.06. The van der Waals surface area contributed by atoms with Crippen LogP contribution in [0.25, 0.3) is 11.0 Å². The first-order valence-electron chi connectivity index (χ1n) is 7.71.